The molecule has 0 spiro atoms. The lowest BCUT2D eigenvalue weighted by Gasteiger charge is -2.18. The largest absolute Gasteiger partial charge is 0.456 e. The fourth-order valence-electron chi connectivity index (χ4n) is 1.91. The minimum atomic E-state index is -4.12. The predicted molar refractivity (Wildman–Crippen MR) is 94.1 cm³/mol. The SMILES string of the molecule is C=CCN(CC=C)C(=O)COC(=O)CCNS(=O)(=O)c1ccc(F)c(F)c1. The number of ether oxygens (including phenoxy) is 1. The summed E-state index contributed by atoms with van der Waals surface area (Å²) < 4.78 is 56.7. The molecule has 1 aromatic carbocycles. The Morgan fingerprint density at radius 3 is 2.33 bits per heavy atom. The molecule has 0 aromatic heterocycles. The van der Waals surface area contributed by atoms with Crippen LogP contribution in [-0.2, 0) is 24.3 Å². The number of nitrogens with zero attached hydrogens (tertiary/aromatic N) is 1. The normalized spacial score (nSPS) is 10.9. The van der Waals surface area contributed by atoms with E-state index in [4.69, 9.17) is 4.74 Å². The topological polar surface area (TPSA) is 92.8 Å². The van der Waals surface area contributed by atoms with Crippen LogP contribution in [0.25, 0.3) is 0 Å². The standard InChI is InChI=1S/C17H20F2N2O5S/c1-3-9-21(10-4-2)16(22)12-26-17(23)7-8-20-27(24,25)13-5-6-14(18)15(19)11-13/h3-6,11,20H,1-2,7-10,12H2. The highest BCUT2D eigenvalue weighted by molar-refractivity contribution is 7.89. The zero-order valence-corrected chi connectivity index (χ0v) is 15.3. The van der Waals surface area contributed by atoms with Gasteiger partial charge < -0.3 is 9.64 Å². The zero-order valence-electron chi connectivity index (χ0n) is 14.5. The molecule has 7 nitrogen and oxygen atoms in total. The highest BCUT2D eigenvalue weighted by atomic mass is 32.2. The summed E-state index contributed by atoms with van der Waals surface area (Å²) >= 11 is 0. The van der Waals surface area contributed by atoms with E-state index in [-0.39, 0.29) is 26.1 Å². The second-order valence-corrected chi connectivity index (χ2v) is 7.03. The number of hydrogen-bond donors (Lipinski definition) is 1. The lowest BCUT2D eigenvalue weighted by Crippen LogP contribution is -2.35. The molecule has 0 aliphatic carbocycles. The Kier molecular flexibility index (Phi) is 8.76. The average Bonchev–Trinajstić information content (AvgIpc) is 2.61. The summed E-state index contributed by atoms with van der Waals surface area (Å²) in [5, 5.41) is 0. The summed E-state index contributed by atoms with van der Waals surface area (Å²) in [6.45, 7) is 6.71. The molecule has 27 heavy (non-hydrogen) atoms. The summed E-state index contributed by atoms with van der Waals surface area (Å²) in [5.74, 6) is -3.73. The number of carbonyl (C=O) groups excluding carboxylic acids is 2. The van der Waals surface area contributed by atoms with Gasteiger partial charge in [-0.1, -0.05) is 12.2 Å². The van der Waals surface area contributed by atoms with Crippen LogP contribution in [0.4, 0.5) is 8.78 Å². The molecule has 0 unspecified atom stereocenters. The fourth-order valence-corrected chi connectivity index (χ4v) is 2.95. The number of halogens is 2. The number of sulfonamides is 1. The summed E-state index contributed by atoms with van der Waals surface area (Å²) in [4.78, 5) is 24.4. The van der Waals surface area contributed by atoms with Gasteiger partial charge in [0.15, 0.2) is 18.2 Å². The summed E-state index contributed by atoms with van der Waals surface area (Å²) in [6.07, 6.45) is 2.67. The number of carbonyl (C=O) groups is 2. The van der Waals surface area contributed by atoms with E-state index >= 15 is 0 Å². The van der Waals surface area contributed by atoms with Crippen LogP contribution < -0.4 is 4.72 Å². The summed E-state index contributed by atoms with van der Waals surface area (Å²) in [5.41, 5.74) is 0. The number of amides is 1. The lowest BCUT2D eigenvalue weighted by molar-refractivity contribution is -0.151. The molecular weight excluding hydrogens is 382 g/mol. The Balaban J connectivity index is 2.47. The van der Waals surface area contributed by atoms with E-state index in [0.717, 1.165) is 6.07 Å². The Hall–Kier alpha value is -2.59. The van der Waals surface area contributed by atoms with Crippen molar-refractivity contribution in [3.8, 4) is 0 Å². The minimum Gasteiger partial charge on any atom is -0.456 e. The van der Waals surface area contributed by atoms with Gasteiger partial charge in [0.25, 0.3) is 5.91 Å². The predicted octanol–water partition coefficient (Wildman–Crippen LogP) is 1.38. The van der Waals surface area contributed by atoms with Crippen LogP contribution in [0.15, 0.2) is 48.4 Å². The lowest BCUT2D eigenvalue weighted by atomic mass is 10.3. The first kappa shape index (κ1) is 22.5. The molecule has 148 valence electrons. The third-order valence-corrected chi connectivity index (χ3v) is 4.69. The minimum absolute atomic E-state index is 0.260. The number of hydrogen-bond acceptors (Lipinski definition) is 5. The Morgan fingerprint density at radius 1 is 1.15 bits per heavy atom. The van der Waals surface area contributed by atoms with Gasteiger partial charge in [0.2, 0.25) is 10.0 Å². The van der Waals surface area contributed by atoms with E-state index in [1.54, 1.807) is 0 Å². The zero-order chi connectivity index (χ0) is 20.4. The first-order valence-corrected chi connectivity index (χ1v) is 9.29. The van der Waals surface area contributed by atoms with Crippen molar-refractivity contribution in [1.82, 2.24) is 9.62 Å². The van der Waals surface area contributed by atoms with Gasteiger partial charge in [-0.3, -0.25) is 9.59 Å². The van der Waals surface area contributed by atoms with Crippen LogP contribution in [0, 0.1) is 11.6 Å². The molecule has 0 saturated carbocycles. The Bertz CT molecular complexity index is 802. The molecule has 1 N–H and O–H groups in total. The van der Waals surface area contributed by atoms with Gasteiger partial charge in [-0.25, -0.2) is 21.9 Å². The highest BCUT2D eigenvalue weighted by Crippen LogP contribution is 2.13. The van der Waals surface area contributed by atoms with E-state index in [1.165, 1.54) is 17.1 Å². The molecule has 0 bridgehead atoms. The van der Waals surface area contributed by atoms with Crippen LogP contribution >= 0.6 is 0 Å². The van der Waals surface area contributed by atoms with Gasteiger partial charge in [0.05, 0.1) is 11.3 Å². The first-order chi connectivity index (χ1) is 12.7. The second kappa shape index (κ2) is 10.5. The number of benzene rings is 1. The van der Waals surface area contributed by atoms with Gasteiger partial charge in [-0.15, -0.1) is 13.2 Å². The molecule has 0 atom stereocenters. The maximum Gasteiger partial charge on any atom is 0.307 e. The van der Waals surface area contributed by atoms with Gasteiger partial charge in [0.1, 0.15) is 0 Å². The molecule has 0 aliphatic heterocycles. The van der Waals surface area contributed by atoms with Crippen molar-refractivity contribution in [1.29, 1.82) is 0 Å². The van der Waals surface area contributed by atoms with Crippen molar-refractivity contribution in [2.24, 2.45) is 0 Å². The van der Waals surface area contributed by atoms with Crippen LogP contribution in [0.3, 0.4) is 0 Å². The molecule has 0 saturated heterocycles. The molecular formula is C17H20F2N2O5S. The van der Waals surface area contributed by atoms with Crippen LogP contribution in [0.5, 0.6) is 0 Å². The van der Waals surface area contributed by atoms with Gasteiger partial charge in [-0.05, 0) is 18.2 Å². The number of nitrogens with one attached hydrogen (secondary N) is 1. The van der Waals surface area contributed by atoms with Gasteiger partial charge >= 0.3 is 5.97 Å². The fraction of sp³-hybridized carbons (Fsp3) is 0.294. The Morgan fingerprint density at radius 2 is 1.78 bits per heavy atom. The average molecular weight is 402 g/mol. The van der Waals surface area contributed by atoms with E-state index in [0.29, 0.717) is 12.1 Å². The summed E-state index contributed by atoms with van der Waals surface area (Å²) in [7, 11) is -4.12. The van der Waals surface area contributed by atoms with E-state index in [1.807, 2.05) is 0 Å². The quantitative estimate of drug-likeness (QED) is 0.446. The van der Waals surface area contributed by atoms with Crippen LogP contribution in [-0.4, -0.2) is 51.4 Å². The molecule has 1 aromatic rings. The van der Waals surface area contributed by atoms with Crippen molar-refractivity contribution in [2.45, 2.75) is 11.3 Å². The van der Waals surface area contributed by atoms with Crippen molar-refractivity contribution in [2.75, 3.05) is 26.2 Å². The molecule has 0 heterocycles. The van der Waals surface area contributed by atoms with Crippen LogP contribution in [0.1, 0.15) is 6.42 Å². The van der Waals surface area contributed by atoms with E-state index in [9.17, 15) is 26.8 Å². The Labute approximate surface area is 156 Å². The molecule has 0 fully saturated rings. The second-order valence-electron chi connectivity index (χ2n) is 5.26. The van der Waals surface area contributed by atoms with E-state index < -0.39 is 45.0 Å². The number of esters is 1. The monoisotopic (exact) mass is 402 g/mol. The molecule has 0 aliphatic rings. The molecule has 1 rings (SSSR count). The smallest absolute Gasteiger partial charge is 0.307 e. The van der Waals surface area contributed by atoms with Crippen molar-refractivity contribution < 1.29 is 31.5 Å². The van der Waals surface area contributed by atoms with Gasteiger partial charge in [-0.2, -0.15) is 0 Å². The summed E-state index contributed by atoms with van der Waals surface area (Å²) in [6, 6.07) is 2.11. The van der Waals surface area contributed by atoms with Crippen molar-refractivity contribution in [3.63, 3.8) is 0 Å². The van der Waals surface area contributed by atoms with Crippen molar-refractivity contribution in [3.05, 3.63) is 55.1 Å². The van der Waals surface area contributed by atoms with E-state index in [2.05, 4.69) is 17.9 Å². The van der Waals surface area contributed by atoms with Crippen LogP contribution in [0.2, 0.25) is 0 Å². The first-order valence-electron chi connectivity index (χ1n) is 7.81. The molecule has 0 radical (unpaired) electrons. The maximum absolute atomic E-state index is 13.1. The van der Waals surface area contributed by atoms with Crippen molar-refractivity contribution >= 4 is 21.9 Å². The highest BCUT2D eigenvalue weighted by Gasteiger charge is 2.18. The molecule has 10 heteroatoms. The number of rotatable bonds is 11. The third kappa shape index (κ3) is 7.27. The molecule has 1 amide bonds. The maximum atomic E-state index is 13.1. The van der Waals surface area contributed by atoms with Gasteiger partial charge in [0, 0.05) is 19.6 Å². The third-order valence-electron chi connectivity index (χ3n) is 3.23.